The third-order valence-corrected chi connectivity index (χ3v) is 2.67. The van der Waals surface area contributed by atoms with E-state index in [2.05, 4.69) is 34.1 Å². The molecule has 0 aromatic carbocycles. The van der Waals surface area contributed by atoms with Crippen LogP contribution < -0.4 is 10.2 Å². The highest BCUT2D eigenvalue weighted by Crippen LogP contribution is 2.15. The Morgan fingerprint density at radius 2 is 2.00 bits per heavy atom. The lowest BCUT2D eigenvalue weighted by Gasteiger charge is -2.23. The monoisotopic (exact) mass is 243 g/mol. The predicted molar refractivity (Wildman–Crippen MR) is 67.2 cm³/mol. The summed E-state index contributed by atoms with van der Waals surface area (Å²) >= 11 is 5.85. The van der Waals surface area contributed by atoms with Crippen molar-refractivity contribution in [1.29, 1.82) is 0 Å². The molecule has 1 aromatic rings. The van der Waals surface area contributed by atoms with Crippen LogP contribution >= 0.6 is 11.6 Å². The molecule has 1 heterocycles. The summed E-state index contributed by atoms with van der Waals surface area (Å²) < 4.78 is 0. The molecule has 0 fully saturated rings. The molecule has 90 valence electrons. The molecule has 0 aliphatic rings. The Bertz CT molecular complexity index is 344. The molecule has 0 aliphatic heterocycles. The Hall–Kier alpha value is -1.10. The average Bonchev–Trinajstić information content (AvgIpc) is 2.26. The zero-order chi connectivity index (χ0) is 12.1. The molecule has 0 saturated heterocycles. The van der Waals surface area contributed by atoms with Crippen molar-refractivity contribution in [2.45, 2.75) is 33.2 Å². The van der Waals surface area contributed by atoms with Crippen molar-refractivity contribution >= 4 is 23.5 Å². The van der Waals surface area contributed by atoms with Crippen molar-refractivity contribution in [3.63, 3.8) is 0 Å². The first-order valence-electron chi connectivity index (χ1n) is 5.46. The fraction of sp³-hybridized carbons (Fsp3) is 0.700. The lowest BCUT2D eigenvalue weighted by Crippen LogP contribution is -2.30. The van der Waals surface area contributed by atoms with E-state index in [0.717, 1.165) is 13.0 Å². The summed E-state index contributed by atoms with van der Waals surface area (Å²) in [6.07, 6.45) is 1.02. The fourth-order valence-electron chi connectivity index (χ4n) is 1.21. The minimum atomic E-state index is 0.219. The highest BCUT2D eigenvalue weighted by Gasteiger charge is 2.13. The van der Waals surface area contributed by atoms with E-state index in [1.807, 2.05) is 18.9 Å². The molecule has 16 heavy (non-hydrogen) atoms. The van der Waals surface area contributed by atoms with Crippen LogP contribution in [0.5, 0.6) is 0 Å². The zero-order valence-corrected chi connectivity index (χ0v) is 10.9. The SMILES string of the molecule is CCNc1nc(Cl)nc(N(C)C(C)CC)n1. The Balaban J connectivity index is 2.94. The first kappa shape index (κ1) is 13.0. The lowest BCUT2D eigenvalue weighted by atomic mass is 10.2. The Labute approximate surface area is 101 Å². The highest BCUT2D eigenvalue weighted by atomic mass is 35.5. The molecule has 1 rings (SSSR count). The second-order valence-electron chi connectivity index (χ2n) is 3.63. The first-order valence-corrected chi connectivity index (χ1v) is 5.84. The molecule has 1 aromatic heterocycles. The number of anilines is 2. The van der Waals surface area contributed by atoms with Crippen molar-refractivity contribution in [1.82, 2.24) is 15.0 Å². The van der Waals surface area contributed by atoms with Crippen molar-refractivity contribution in [2.24, 2.45) is 0 Å². The van der Waals surface area contributed by atoms with Gasteiger partial charge in [0.25, 0.3) is 0 Å². The third kappa shape index (κ3) is 3.20. The molecular weight excluding hydrogens is 226 g/mol. The quantitative estimate of drug-likeness (QED) is 0.859. The topological polar surface area (TPSA) is 53.9 Å². The number of halogens is 1. The smallest absolute Gasteiger partial charge is 0.231 e. The number of nitrogens with one attached hydrogen (secondary N) is 1. The van der Waals surface area contributed by atoms with Gasteiger partial charge in [-0.3, -0.25) is 0 Å². The number of rotatable bonds is 5. The van der Waals surface area contributed by atoms with Crippen LogP contribution in [0.3, 0.4) is 0 Å². The van der Waals surface area contributed by atoms with Gasteiger partial charge in [0.2, 0.25) is 17.2 Å². The van der Waals surface area contributed by atoms with E-state index in [1.165, 1.54) is 0 Å². The van der Waals surface area contributed by atoms with Crippen LogP contribution in [0.4, 0.5) is 11.9 Å². The standard InChI is InChI=1S/C10H18ClN5/c1-5-7(3)16(4)10-14-8(11)13-9(15-10)12-6-2/h7H,5-6H2,1-4H3,(H,12,13,14,15). The van der Waals surface area contributed by atoms with E-state index in [9.17, 15) is 0 Å². The van der Waals surface area contributed by atoms with Crippen LogP contribution in [0.2, 0.25) is 5.28 Å². The lowest BCUT2D eigenvalue weighted by molar-refractivity contribution is 0.647. The van der Waals surface area contributed by atoms with Gasteiger partial charge in [0, 0.05) is 19.6 Å². The van der Waals surface area contributed by atoms with Crippen molar-refractivity contribution in [3.05, 3.63) is 5.28 Å². The molecule has 0 spiro atoms. The molecule has 0 bridgehead atoms. The van der Waals surface area contributed by atoms with Gasteiger partial charge < -0.3 is 10.2 Å². The molecule has 6 heteroatoms. The summed E-state index contributed by atoms with van der Waals surface area (Å²) in [5.41, 5.74) is 0. The zero-order valence-electron chi connectivity index (χ0n) is 10.2. The van der Waals surface area contributed by atoms with Crippen molar-refractivity contribution in [2.75, 3.05) is 23.8 Å². The Morgan fingerprint density at radius 3 is 2.56 bits per heavy atom. The van der Waals surface area contributed by atoms with Crippen LogP contribution in [-0.2, 0) is 0 Å². The van der Waals surface area contributed by atoms with Gasteiger partial charge in [-0.2, -0.15) is 15.0 Å². The van der Waals surface area contributed by atoms with Crippen LogP contribution in [0, 0.1) is 0 Å². The van der Waals surface area contributed by atoms with Gasteiger partial charge in [-0.1, -0.05) is 6.92 Å². The van der Waals surface area contributed by atoms with Crippen LogP contribution in [0.1, 0.15) is 27.2 Å². The van der Waals surface area contributed by atoms with Crippen LogP contribution in [0.25, 0.3) is 0 Å². The van der Waals surface area contributed by atoms with Gasteiger partial charge in [-0.05, 0) is 31.9 Å². The average molecular weight is 244 g/mol. The molecule has 0 radical (unpaired) electrons. The van der Waals surface area contributed by atoms with E-state index in [1.54, 1.807) is 0 Å². The van der Waals surface area contributed by atoms with Crippen LogP contribution in [0.15, 0.2) is 0 Å². The van der Waals surface area contributed by atoms with Crippen LogP contribution in [-0.4, -0.2) is 34.6 Å². The number of hydrogen-bond donors (Lipinski definition) is 1. The Kier molecular flexibility index (Phi) is 4.73. The number of nitrogens with zero attached hydrogens (tertiary/aromatic N) is 4. The summed E-state index contributed by atoms with van der Waals surface area (Å²) in [4.78, 5) is 14.4. The summed E-state index contributed by atoms with van der Waals surface area (Å²) in [7, 11) is 1.95. The summed E-state index contributed by atoms with van der Waals surface area (Å²) in [5, 5.41) is 3.25. The van der Waals surface area contributed by atoms with E-state index < -0.39 is 0 Å². The van der Waals surface area contributed by atoms with Gasteiger partial charge in [0.1, 0.15) is 0 Å². The van der Waals surface area contributed by atoms with Gasteiger partial charge >= 0.3 is 0 Å². The Morgan fingerprint density at radius 1 is 1.31 bits per heavy atom. The van der Waals surface area contributed by atoms with E-state index in [0.29, 0.717) is 17.9 Å². The number of hydrogen-bond acceptors (Lipinski definition) is 5. The molecule has 1 unspecified atom stereocenters. The maximum Gasteiger partial charge on any atom is 0.231 e. The summed E-state index contributed by atoms with van der Waals surface area (Å²) in [6.45, 7) is 6.97. The fourth-order valence-corrected chi connectivity index (χ4v) is 1.36. The molecule has 5 nitrogen and oxygen atoms in total. The molecule has 1 N–H and O–H groups in total. The second kappa shape index (κ2) is 5.84. The maximum absolute atomic E-state index is 5.85. The second-order valence-corrected chi connectivity index (χ2v) is 3.96. The van der Waals surface area contributed by atoms with Crippen molar-refractivity contribution in [3.8, 4) is 0 Å². The van der Waals surface area contributed by atoms with Gasteiger partial charge in [0.15, 0.2) is 0 Å². The molecule has 0 saturated carbocycles. The summed E-state index contributed by atoms with van der Waals surface area (Å²) in [5.74, 6) is 1.12. The van der Waals surface area contributed by atoms with Crippen molar-refractivity contribution < 1.29 is 0 Å². The van der Waals surface area contributed by atoms with E-state index in [4.69, 9.17) is 11.6 Å². The maximum atomic E-state index is 5.85. The molecule has 1 atom stereocenters. The predicted octanol–water partition coefficient (Wildman–Crippen LogP) is 2.19. The minimum absolute atomic E-state index is 0.219. The largest absolute Gasteiger partial charge is 0.354 e. The van der Waals surface area contributed by atoms with Gasteiger partial charge in [-0.15, -0.1) is 0 Å². The molecular formula is C10H18ClN5. The molecule has 0 aliphatic carbocycles. The number of aromatic nitrogens is 3. The van der Waals surface area contributed by atoms with E-state index in [-0.39, 0.29) is 5.28 Å². The third-order valence-electron chi connectivity index (χ3n) is 2.50. The van der Waals surface area contributed by atoms with E-state index >= 15 is 0 Å². The minimum Gasteiger partial charge on any atom is -0.354 e. The normalized spacial score (nSPS) is 12.3. The highest BCUT2D eigenvalue weighted by molar-refractivity contribution is 6.28. The molecule has 0 amide bonds. The first-order chi connectivity index (χ1) is 7.58. The van der Waals surface area contributed by atoms with Gasteiger partial charge in [-0.25, -0.2) is 0 Å². The summed E-state index contributed by atoms with van der Waals surface area (Å²) in [6, 6.07) is 0.368. The van der Waals surface area contributed by atoms with Gasteiger partial charge in [0.05, 0.1) is 0 Å².